The first kappa shape index (κ1) is 14.1. The van der Waals surface area contributed by atoms with Crippen LogP contribution in [0.5, 0.6) is 5.75 Å². The van der Waals surface area contributed by atoms with Gasteiger partial charge < -0.3 is 9.84 Å². The monoisotopic (exact) mass is 281 g/mol. The minimum Gasteiger partial charge on any atom is -0.485 e. The Morgan fingerprint density at radius 3 is 2.61 bits per heavy atom. The molecule has 0 aliphatic heterocycles. The van der Waals surface area contributed by atoms with Crippen molar-refractivity contribution in [1.29, 1.82) is 0 Å². The van der Waals surface area contributed by atoms with Gasteiger partial charge in [-0.1, -0.05) is 11.6 Å². The number of halogens is 3. The van der Waals surface area contributed by atoms with Crippen molar-refractivity contribution < 1.29 is 28.3 Å². The molecule has 1 rings (SSSR count). The smallest absolute Gasteiger partial charge is 0.339 e. The lowest BCUT2D eigenvalue weighted by atomic mass is 10.2. The maximum Gasteiger partial charge on any atom is 0.339 e. The van der Waals surface area contributed by atoms with E-state index in [0.29, 0.717) is 6.07 Å². The summed E-state index contributed by atoms with van der Waals surface area (Å²) in [7, 11) is 0. The summed E-state index contributed by atoms with van der Waals surface area (Å²) in [5.74, 6) is -2.08. The Labute approximate surface area is 104 Å². The summed E-state index contributed by atoms with van der Waals surface area (Å²) >= 11 is 5.57. The summed E-state index contributed by atoms with van der Waals surface area (Å²) < 4.78 is 28.5. The van der Waals surface area contributed by atoms with E-state index >= 15 is 0 Å². The zero-order valence-electron chi connectivity index (χ0n) is 8.60. The molecule has 0 spiro atoms. The average molecular weight is 282 g/mol. The highest BCUT2D eigenvalue weighted by atomic mass is 35.5. The number of nitro benzene ring substituents is 1. The van der Waals surface area contributed by atoms with E-state index in [2.05, 4.69) is 4.74 Å². The zero-order chi connectivity index (χ0) is 13.9. The average Bonchev–Trinajstić information content (AvgIpc) is 2.25. The lowest BCUT2D eigenvalue weighted by Crippen LogP contribution is -2.11. The van der Waals surface area contributed by atoms with E-state index in [9.17, 15) is 23.7 Å². The molecule has 1 N–H and O–H groups in total. The third-order valence-corrected chi connectivity index (χ3v) is 2.10. The number of carbonyl (C=O) groups is 1. The molecule has 1 aromatic carbocycles. The van der Waals surface area contributed by atoms with Gasteiger partial charge in [0.1, 0.15) is 12.2 Å². The van der Waals surface area contributed by atoms with Crippen molar-refractivity contribution in [1.82, 2.24) is 0 Å². The highest BCUT2D eigenvalue weighted by Gasteiger charge is 2.22. The van der Waals surface area contributed by atoms with Gasteiger partial charge in [0.2, 0.25) is 0 Å². The molecule has 0 radical (unpaired) electrons. The maximum absolute atomic E-state index is 12.0. The molecular formula is C9H6ClF2NO5. The van der Waals surface area contributed by atoms with Crippen LogP contribution in [-0.4, -0.2) is 29.0 Å². The number of aromatic carboxylic acids is 1. The number of ether oxygens (including phenoxy) is 1. The van der Waals surface area contributed by atoms with Gasteiger partial charge in [-0.15, -0.1) is 0 Å². The number of carboxylic acid groups (broad SMARTS) is 1. The molecule has 0 saturated carbocycles. The van der Waals surface area contributed by atoms with Gasteiger partial charge in [-0.3, -0.25) is 10.1 Å². The number of rotatable bonds is 5. The maximum atomic E-state index is 12.0. The van der Waals surface area contributed by atoms with Crippen molar-refractivity contribution in [2.45, 2.75) is 6.43 Å². The van der Waals surface area contributed by atoms with E-state index in [0.717, 1.165) is 6.07 Å². The van der Waals surface area contributed by atoms with Gasteiger partial charge in [0.15, 0.2) is 5.75 Å². The van der Waals surface area contributed by atoms with Crippen LogP contribution < -0.4 is 4.74 Å². The van der Waals surface area contributed by atoms with Gasteiger partial charge in [0.05, 0.1) is 9.95 Å². The first-order valence-electron chi connectivity index (χ1n) is 4.45. The molecule has 0 amide bonds. The Kier molecular flexibility index (Phi) is 4.38. The predicted octanol–water partition coefficient (Wildman–Crippen LogP) is 2.59. The first-order valence-corrected chi connectivity index (χ1v) is 4.83. The third-order valence-electron chi connectivity index (χ3n) is 1.82. The Bertz CT molecular complexity index is 494. The Balaban J connectivity index is 3.23. The summed E-state index contributed by atoms with van der Waals surface area (Å²) in [5.41, 5.74) is -1.21. The molecule has 0 atom stereocenters. The molecular weight excluding hydrogens is 276 g/mol. The number of nitro groups is 1. The normalized spacial score (nSPS) is 10.4. The molecule has 0 aliphatic rings. The molecule has 0 aliphatic carbocycles. The quantitative estimate of drug-likeness (QED) is 0.662. The largest absolute Gasteiger partial charge is 0.485 e. The van der Waals surface area contributed by atoms with Crippen molar-refractivity contribution in [3.63, 3.8) is 0 Å². The zero-order valence-corrected chi connectivity index (χ0v) is 9.36. The van der Waals surface area contributed by atoms with E-state index in [4.69, 9.17) is 16.7 Å². The topological polar surface area (TPSA) is 89.7 Å². The van der Waals surface area contributed by atoms with Gasteiger partial charge in [0, 0.05) is 12.1 Å². The Morgan fingerprint density at radius 2 is 2.17 bits per heavy atom. The second-order valence-corrected chi connectivity index (χ2v) is 3.48. The van der Waals surface area contributed by atoms with Crippen LogP contribution in [0.1, 0.15) is 10.4 Å². The second-order valence-electron chi connectivity index (χ2n) is 3.07. The van der Waals surface area contributed by atoms with Crippen molar-refractivity contribution >= 4 is 23.3 Å². The lowest BCUT2D eigenvalue weighted by molar-refractivity contribution is -0.384. The van der Waals surface area contributed by atoms with Crippen LogP contribution in [0.2, 0.25) is 5.02 Å². The van der Waals surface area contributed by atoms with Crippen LogP contribution in [0.4, 0.5) is 14.5 Å². The molecule has 0 aromatic heterocycles. The fourth-order valence-corrected chi connectivity index (χ4v) is 1.40. The first-order chi connectivity index (χ1) is 8.32. The summed E-state index contributed by atoms with van der Waals surface area (Å²) in [5, 5.41) is 18.9. The molecule has 0 fully saturated rings. The van der Waals surface area contributed by atoms with E-state index < -0.39 is 45.9 Å². The third kappa shape index (κ3) is 3.27. The van der Waals surface area contributed by atoms with Crippen LogP contribution in [0.3, 0.4) is 0 Å². The highest BCUT2D eigenvalue weighted by molar-refractivity contribution is 6.32. The molecule has 9 heteroatoms. The van der Waals surface area contributed by atoms with Crippen molar-refractivity contribution in [3.05, 3.63) is 32.8 Å². The van der Waals surface area contributed by atoms with Crippen LogP contribution in [-0.2, 0) is 0 Å². The van der Waals surface area contributed by atoms with Crippen LogP contribution in [0, 0.1) is 10.1 Å². The van der Waals surface area contributed by atoms with E-state index in [-0.39, 0.29) is 0 Å². The molecule has 1 aromatic rings. The van der Waals surface area contributed by atoms with Crippen LogP contribution in [0.15, 0.2) is 12.1 Å². The van der Waals surface area contributed by atoms with Gasteiger partial charge >= 0.3 is 5.97 Å². The van der Waals surface area contributed by atoms with E-state index in [1.54, 1.807) is 0 Å². The summed E-state index contributed by atoms with van der Waals surface area (Å²) in [6, 6.07) is 1.52. The minimum absolute atomic E-state index is 0.415. The number of nitrogens with zero attached hydrogens (tertiary/aromatic N) is 1. The lowest BCUT2D eigenvalue weighted by Gasteiger charge is -2.10. The Morgan fingerprint density at radius 1 is 1.56 bits per heavy atom. The summed E-state index contributed by atoms with van der Waals surface area (Å²) in [6.07, 6.45) is -2.82. The van der Waals surface area contributed by atoms with E-state index in [1.165, 1.54) is 0 Å². The molecule has 0 saturated heterocycles. The van der Waals surface area contributed by atoms with Crippen molar-refractivity contribution in [2.75, 3.05) is 6.61 Å². The molecule has 18 heavy (non-hydrogen) atoms. The number of non-ortho nitro benzene ring substituents is 1. The van der Waals surface area contributed by atoms with E-state index in [1.807, 2.05) is 0 Å². The molecule has 0 unspecified atom stereocenters. The summed E-state index contributed by atoms with van der Waals surface area (Å²) in [4.78, 5) is 20.5. The van der Waals surface area contributed by atoms with Crippen molar-refractivity contribution in [2.24, 2.45) is 0 Å². The molecule has 98 valence electrons. The van der Waals surface area contributed by atoms with Gasteiger partial charge in [-0.05, 0) is 0 Å². The summed E-state index contributed by atoms with van der Waals surface area (Å²) in [6.45, 7) is -1.06. The number of carboxylic acids is 1. The minimum atomic E-state index is -2.82. The van der Waals surface area contributed by atoms with Gasteiger partial charge in [-0.25, -0.2) is 13.6 Å². The van der Waals surface area contributed by atoms with Gasteiger partial charge in [-0.2, -0.15) is 0 Å². The number of benzene rings is 1. The SMILES string of the molecule is O=C(O)c1cc([N+](=O)[O-])cc(Cl)c1OCC(F)F. The second kappa shape index (κ2) is 5.58. The fraction of sp³-hybridized carbons (Fsp3) is 0.222. The molecule has 0 bridgehead atoms. The number of hydrogen-bond acceptors (Lipinski definition) is 4. The molecule has 0 heterocycles. The fourth-order valence-electron chi connectivity index (χ4n) is 1.14. The van der Waals surface area contributed by atoms with Crippen LogP contribution >= 0.6 is 11.6 Å². The Hall–Kier alpha value is -1.96. The highest BCUT2D eigenvalue weighted by Crippen LogP contribution is 2.33. The van der Waals surface area contributed by atoms with Crippen molar-refractivity contribution in [3.8, 4) is 5.75 Å². The van der Waals surface area contributed by atoms with Gasteiger partial charge in [0.25, 0.3) is 12.1 Å². The standard InChI is InChI=1S/C9H6ClF2NO5/c10-6-2-4(13(16)17)1-5(9(14)15)8(6)18-3-7(11)12/h1-2,7H,3H2,(H,14,15). The predicted molar refractivity (Wildman–Crippen MR) is 56.6 cm³/mol. The number of alkyl halides is 2. The molecule has 6 nitrogen and oxygen atoms in total. The van der Waals surface area contributed by atoms with Crippen LogP contribution in [0.25, 0.3) is 0 Å². The number of hydrogen-bond donors (Lipinski definition) is 1.